The molecule has 0 aliphatic heterocycles. The number of hydrogen-bond acceptors (Lipinski definition) is 3. The smallest absolute Gasteiger partial charge is 0.310 e. The van der Waals surface area contributed by atoms with E-state index >= 15 is 0 Å². The van der Waals surface area contributed by atoms with E-state index in [9.17, 15) is 20.1 Å². The molecule has 4 fully saturated rings. The summed E-state index contributed by atoms with van der Waals surface area (Å²) < 4.78 is 0. The maximum atomic E-state index is 12.9. The summed E-state index contributed by atoms with van der Waals surface area (Å²) in [7, 11) is 0. The minimum atomic E-state index is -0.683. The van der Waals surface area contributed by atoms with Crippen LogP contribution in [0.15, 0.2) is 11.6 Å². The van der Waals surface area contributed by atoms with Crippen LogP contribution in [-0.4, -0.2) is 33.5 Å². The van der Waals surface area contributed by atoms with E-state index in [4.69, 9.17) is 0 Å². The molecule has 5 aliphatic carbocycles. The van der Waals surface area contributed by atoms with E-state index in [0.717, 1.165) is 44.9 Å². The number of aliphatic hydroxyl groups excluding tert-OH is 2. The quantitative estimate of drug-likeness (QED) is 0.372. The molecule has 0 bridgehead atoms. The minimum absolute atomic E-state index is 0.0274. The Morgan fingerprint density at radius 3 is 2.17 bits per heavy atom. The van der Waals surface area contributed by atoms with Gasteiger partial charge >= 0.3 is 5.97 Å². The van der Waals surface area contributed by atoms with Crippen molar-refractivity contribution in [2.75, 3.05) is 0 Å². The Morgan fingerprint density at radius 2 is 1.54 bits per heavy atom. The number of carboxylic acids is 1. The number of carboxylic acid groups (broad SMARTS) is 1. The average Bonchev–Trinajstić information content (AvgIpc) is 2.75. The Labute approximate surface area is 213 Å². The summed E-state index contributed by atoms with van der Waals surface area (Å²) in [5, 5.41) is 32.5. The summed E-state index contributed by atoms with van der Waals surface area (Å²) in [6, 6.07) is 0. The molecule has 1 unspecified atom stereocenters. The zero-order chi connectivity index (χ0) is 26.0. The fourth-order valence-electron chi connectivity index (χ4n) is 11.1. The fourth-order valence-corrected chi connectivity index (χ4v) is 11.1. The van der Waals surface area contributed by atoms with E-state index in [1.54, 1.807) is 0 Å². The van der Waals surface area contributed by atoms with Gasteiger partial charge in [-0.3, -0.25) is 4.79 Å². The summed E-state index contributed by atoms with van der Waals surface area (Å²) in [5.41, 5.74) is 0.634. The van der Waals surface area contributed by atoms with Gasteiger partial charge in [0.2, 0.25) is 0 Å². The molecule has 0 spiro atoms. The van der Waals surface area contributed by atoms with Gasteiger partial charge in [0.15, 0.2) is 0 Å². The van der Waals surface area contributed by atoms with Crippen LogP contribution in [0.1, 0.15) is 107 Å². The lowest BCUT2D eigenvalue weighted by molar-refractivity contribution is -0.233. The van der Waals surface area contributed by atoms with E-state index in [1.165, 1.54) is 5.57 Å². The molecular weight excluding hydrogens is 436 g/mol. The van der Waals surface area contributed by atoms with E-state index in [1.807, 2.05) is 0 Å². The lowest BCUT2D eigenvalue weighted by Crippen LogP contribution is -2.67. The molecule has 0 saturated heterocycles. The molecule has 0 heterocycles. The van der Waals surface area contributed by atoms with Gasteiger partial charge in [-0.1, -0.05) is 67.0 Å². The number of carbonyl (C=O) groups is 1. The summed E-state index contributed by atoms with van der Waals surface area (Å²) in [5.74, 6) is 0.645. The van der Waals surface area contributed by atoms with Crippen LogP contribution in [0.3, 0.4) is 0 Å². The van der Waals surface area contributed by atoms with Gasteiger partial charge in [0.05, 0.1) is 17.6 Å². The van der Waals surface area contributed by atoms with Gasteiger partial charge in [-0.05, 0) is 102 Å². The van der Waals surface area contributed by atoms with Crippen molar-refractivity contribution >= 4 is 5.97 Å². The van der Waals surface area contributed by atoms with Crippen LogP contribution in [0, 0.1) is 56.2 Å². The van der Waals surface area contributed by atoms with Crippen molar-refractivity contribution < 1.29 is 20.1 Å². The molecule has 0 radical (unpaired) electrons. The molecule has 198 valence electrons. The van der Waals surface area contributed by atoms with Crippen LogP contribution in [0.5, 0.6) is 0 Å². The molecule has 0 aromatic heterocycles. The van der Waals surface area contributed by atoms with Crippen LogP contribution >= 0.6 is 0 Å². The van der Waals surface area contributed by atoms with E-state index in [2.05, 4.69) is 61.5 Å². The summed E-state index contributed by atoms with van der Waals surface area (Å²) in [6.07, 6.45) is 8.42. The maximum Gasteiger partial charge on any atom is 0.310 e. The van der Waals surface area contributed by atoms with Crippen LogP contribution in [0.4, 0.5) is 0 Å². The van der Waals surface area contributed by atoms with Crippen molar-refractivity contribution in [2.24, 2.45) is 56.2 Å². The SMILES string of the molecule is C[C@@H]1C2C3=CC[C@@H]4[C@@]5(C)C[C@@H](O)[C@H](O)C(C)(C)[C@@H]5CC[C@@]4(C)[C@]3(C)CC[C@@]2(C(=O)O)CCC1(C)C. The monoisotopic (exact) mass is 486 g/mol. The first-order valence-corrected chi connectivity index (χ1v) is 14.3. The zero-order valence-corrected chi connectivity index (χ0v) is 23.4. The molecule has 0 aromatic rings. The number of rotatable bonds is 1. The number of allylic oxidation sites excluding steroid dienone is 2. The van der Waals surface area contributed by atoms with Crippen LogP contribution in [0.25, 0.3) is 0 Å². The lowest BCUT2D eigenvalue weighted by Gasteiger charge is -2.72. The van der Waals surface area contributed by atoms with Gasteiger partial charge in [-0.2, -0.15) is 0 Å². The van der Waals surface area contributed by atoms with Crippen molar-refractivity contribution in [3.05, 3.63) is 11.6 Å². The van der Waals surface area contributed by atoms with Gasteiger partial charge in [-0.15, -0.1) is 0 Å². The predicted octanol–water partition coefficient (Wildman–Crippen LogP) is 6.45. The molecule has 0 amide bonds. The zero-order valence-electron chi connectivity index (χ0n) is 23.4. The third kappa shape index (κ3) is 2.96. The van der Waals surface area contributed by atoms with Gasteiger partial charge in [-0.25, -0.2) is 0 Å². The van der Waals surface area contributed by atoms with Gasteiger partial charge in [0.25, 0.3) is 0 Å². The van der Waals surface area contributed by atoms with Gasteiger partial charge in [0, 0.05) is 0 Å². The second-order valence-electron chi connectivity index (χ2n) is 15.5. The summed E-state index contributed by atoms with van der Waals surface area (Å²) in [4.78, 5) is 12.9. The molecule has 35 heavy (non-hydrogen) atoms. The standard InChI is InChI=1S/C31H50O4/c1-18-23-19-9-10-22-28(6)17-20(32)24(33)27(4,5)21(28)11-12-30(22,8)29(19,7)14-16-31(23,25(34)35)15-13-26(18,2)3/h9,18,20-24,32-33H,10-17H2,1-8H3,(H,34,35)/t18-,20-,21+,22-,23?,24+,28+,29-,30-,31+/m1/s1. The number of aliphatic carboxylic acids is 1. The third-order valence-electron chi connectivity index (χ3n) is 13.8. The first-order chi connectivity index (χ1) is 16.0. The minimum Gasteiger partial charge on any atom is -0.481 e. The Hall–Kier alpha value is -0.870. The highest BCUT2D eigenvalue weighted by Crippen LogP contribution is 2.76. The fraction of sp³-hybridized carbons (Fsp3) is 0.903. The Kier molecular flexibility index (Phi) is 5.42. The van der Waals surface area contributed by atoms with Gasteiger partial charge < -0.3 is 15.3 Å². The van der Waals surface area contributed by atoms with Crippen LogP contribution in [0.2, 0.25) is 0 Å². The molecular formula is C31H50O4. The topological polar surface area (TPSA) is 77.8 Å². The molecule has 4 heteroatoms. The molecule has 4 saturated carbocycles. The van der Waals surface area contributed by atoms with Crippen molar-refractivity contribution in [3.63, 3.8) is 0 Å². The third-order valence-corrected chi connectivity index (χ3v) is 13.8. The van der Waals surface area contributed by atoms with E-state index in [0.29, 0.717) is 24.2 Å². The highest BCUT2D eigenvalue weighted by molar-refractivity contribution is 5.76. The normalized spacial score (nSPS) is 54.4. The van der Waals surface area contributed by atoms with Crippen molar-refractivity contribution in [3.8, 4) is 0 Å². The maximum absolute atomic E-state index is 12.9. The number of hydrogen-bond donors (Lipinski definition) is 3. The van der Waals surface area contributed by atoms with Crippen molar-refractivity contribution in [1.29, 1.82) is 0 Å². The van der Waals surface area contributed by atoms with E-state index in [-0.39, 0.29) is 33.0 Å². The van der Waals surface area contributed by atoms with E-state index < -0.39 is 23.6 Å². The predicted molar refractivity (Wildman–Crippen MR) is 139 cm³/mol. The molecule has 3 N–H and O–H groups in total. The molecule has 10 atom stereocenters. The average molecular weight is 487 g/mol. The first kappa shape index (κ1) is 25.8. The largest absolute Gasteiger partial charge is 0.481 e. The Morgan fingerprint density at radius 1 is 0.914 bits per heavy atom. The first-order valence-electron chi connectivity index (χ1n) is 14.3. The molecule has 5 rings (SSSR count). The lowest BCUT2D eigenvalue weighted by atomic mass is 9.33. The van der Waals surface area contributed by atoms with Crippen LogP contribution < -0.4 is 0 Å². The van der Waals surface area contributed by atoms with Crippen molar-refractivity contribution in [1.82, 2.24) is 0 Å². The summed E-state index contributed by atoms with van der Waals surface area (Å²) in [6.45, 7) is 18.7. The van der Waals surface area contributed by atoms with Crippen molar-refractivity contribution in [2.45, 2.75) is 119 Å². The molecule has 0 aromatic carbocycles. The number of aliphatic hydroxyl groups is 2. The molecule has 5 aliphatic rings. The number of fused-ring (bicyclic) bond motifs is 7. The molecule has 4 nitrogen and oxygen atoms in total. The second-order valence-corrected chi connectivity index (χ2v) is 15.5. The highest BCUT2D eigenvalue weighted by Gasteiger charge is 2.70. The van der Waals surface area contributed by atoms with Crippen LogP contribution in [-0.2, 0) is 4.79 Å². The summed E-state index contributed by atoms with van der Waals surface area (Å²) >= 11 is 0. The highest BCUT2D eigenvalue weighted by atomic mass is 16.4. The Bertz CT molecular complexity index is 950. The second kappa shape index (κ2) is 7.37. The van der Waals surface area contributed by atoms with Gasteiger partial charge in [0.1, 0.15) is 0 Å². The Balaban J connectivity index is 1.63.